The zero-order chi connectivity index (χ0) is 17.6. The molecular formula is C20H25N5. The molecule has 1 aromatic heterocycles. The number of piperazine rings is 1. The third-order valence-corrected chi connectivity index (χ3v) is 4.70. The van der Waals surface area contributed by atoms with E-state index in [1.54, 1.807) is 6.20 Å². The number of likely N-dealkylation sites (N-methyl/N-ethyl adjacent to an activating group) is 1. The molecule has 0 amide bonds. The first kappa shape index (κ1) is 17.4. The summed E-state index contributed by atoms with van der Waals surface area (Å²) in [5, 5.41) is 12.3. The highest BCUT2D eigenvalue weighted by atomic mass is 15.2. The van der Waals surface area contributed by atoms with Crippen molar-refractivity contribution >= 4 is 5.82 Å². The minimum Gasteiger partial charge on any atom is -0.366 e. The number of pyridine rings is 1. The van der Waals surface area contributed by atoms with Gasteiger partial charge >= 0.3 is 0 Å². The lowest BCUT2D eigenvalue weighted by molar-refractivity contribution is 0.148. The summed E-state index contributed by atoms with van der Waals surface area (Å²) < 4.78 is 0. The molecule has 130 valence electrons. The maximum atomic E-state index is 8.98. The Hall–Kier alpha value is -2.42. The number of benzene rings is 1. The lowest BCUT2D eigenvalue weighted by Crippen LogP contribution is -2.43. The Morgan fingerprint density at radius 3 is 2.64 bits per heavy atom. The Labute approximate surface area is 149 Å². The molecule has 3 rings (SSSR count). The molecule has 1 aliphatic heterocycles. The molecule has 5 nitrogen and oxygen atoms in total. The van der Waals surface area contributed by atoms with E-state index in [4.69, 9.17) is 5.26 Å². The molecular weight excluding hydrogens is 310 g/mol. The summed E-state index contributed by atoms with van der Waals surface area (Å²) in [6.45, 7) is 8.23. The van der Waals surface area contributed by atoms with Gasteiger partial charge in [-0.1, -0.05) is 24.3 Å². The molecule has 25 heavy (non-hydrogen) atoms. The van der Waals surface area contributed by atoms with E-state index in [1.165, 1.54) is 11.1 Å². The van der Waals surface area contributed by atoms with Crippen LogP contribution in [0.4, 0.5) is 5.82 Å². The number of hydrogen-bond acceptors (Lipinski definition) is 5. The van der Waals surface area contributed by atoms with Crippen molar-refractivity contribution in [2.45, 2.75) is 20.0 Å². The smallest absolute Gasteiger partial charge is 0.126 e. The summed E-state index contributed by atoms with van der Waals surface area (Å²) in [6.07, 6.45) is 1.63. The molecule has 0 spiro atoms. The molecule has 0 atom stereocenters. The molecule has 0 bridgehead atoms. The highest BCUT2D eigenvalue weighted by molar-refractivity contribution is 5.45. The number of nitrogens with zero attached hydrogens (tertiary/aromatic N) is 4. The quantitative estimate of drug-likeness (QED) is 0.910. The monoisotopic (exact) mass is 335 g/mol. The number of rotatable bonds is 5. The maximum Gasteiger partial charge on any atom is 0.126 e. The van der Waals surface area contributed by atoms with Crippen LogP contribution in [0.2, 0.25) is 0 Å². The molecule has 1 saturated heterocycles. The molecule has 1 N–H and O–H groups in total. The van der Waals surface area contributed by atoms with Crippen LogP contribution in [-0.4, -0.2) is 48.0 Å². The molecule has 1 fully saturated rings. The van der Waals surface area contributed by atoms with E-state index in [2.05, 4.69) is 57.5 Å². The van der Waals surface area contributed by atoms with E-state index in [-0.39, 0.29) is 0 Å². The standard InChI is InChI=1S/C20H25N5/c1-16-10-20(23-14-19(16)12-21)22-13-17-4-3-5-18(11-17)15-25-8-6-24(2)7-9-25/h3-5,10-11,14H,6-9,13,15H2,1-2H3,(H,22,23). The zero-order valence-corrected chi connectivity index (χ0v) is 15.0. The number of aromatic nitrogens is 1. The molecule has 1 aromatic carbocycles. The van der Waals surface area contributed by atoms with Crippen LogP contribution >= 0.6 is 0 Å². The molecule has 5 heteroatoms. The average molecular weight is 335 g/mol. The highest BCUT2D eigenvalue weighted by Crippen LogP contribution is 2.14. The zero-order valence-electron chi connectivity index (χ0n) is 15.0. The average Bonchev–Trinajstić information content (AvgIpc) is 2.62. The molecule has 2 aromatic rings. The number of nitriles is 1. The molecule has 1 aliphatic rings. The first-order valence-electron chi connectivity index (χ1n) is 8.73. The minimum absolute atomic E-state index is 0.625. The molecule has 0 saturated carbocycles. The summed E-state index contributed by atoms with van der Waals surface area (Å²) in [6, 6.07) is 12.8. The summed E-state index contributed by atoms with van der Waals surface area (Å²) in [5.74, 6) is 0.806. The Morgan fingerprint density at radius 2 is 1.92 bits per heavy atom. The predicted octanol–water partition coefficient (Wildman–Crippen LogP) is 2.62. The van der Waals surface area contributed by atoms with Crippen LogP contribution in [0, 0.1) is 18.3 Å². The van der Waals surface area contributed by atoms with Gasteiger partial charge in [0.05, 0.1) is 5.56 Å². The minimum atomic E-state index is 0.625. The van der Waals surface area contributed by atoms with Gasteiger partial charge in [-0.3, -0.25) is 4.90 Å². The summed E-state index contributed by atoms with van der Waals surface area (Å²) >= 11 is 0. The van der Waals surface area contributed by atoms with E-state index in [9.17, 15) is 0 Å². The van der Waals surface area contributed by atoms with Gasteiger partial charge in [-0.05, 0) is 36.7 Å². The van der Waals surface area contributed by atoms with Gasteiger partial charge in [-0.25, -0.2) is 4.98 Å². The van der Waals surface area contributed by atoms with E-state index in [0.717, 1.165) is 50.6 Å². The molecule has 2 heterocycles. The van der Waals surface area contributed by atoms with Gasteiger partial charge in [0.2, 0.25) is 0 Å². The van der Waals surface area contributed by atoms with E-state index in [0.29, 0.717) is 5.56 Å². The van der Waals surface area contributed by atoms with Crippen molar-refractivity contribution < 1.29 is 0 Å². The fourth-order valence-corrected chi connectivity index (χ4v) is 3.06. The second-order valence-electron chi connectivity index (χ2n) is 6.75. The van der Waals surface area contributed by atoms with Crippen molar-refractivity contribution in [3.05, 3.63) is 58.8 Å². The predicted molar refractivity (Wildman–Crippen MR) is 100 cm³/mol. The third kappa shape index (κ3) is 4.79. The maximum absolute atomic E-state index is 8.98. The van der Waals surface area contributed by atoms with Crippen LogP contribution in [0.15, 0.2) is 36.5 Å². The summed E-state index contributed by atoms with van der Waals surface area (Å²) in [7, 11) is 2.18. The largest absolute Gasteiger partial charge is 0.366 e. The van der Waals surface area contributed by atoms with E-state index in [1.807, 2.05) is 13.0 Å². The van der Waals surface area contributed by atoms with Gasteiger partial charge in [-0.2, -0.15) is 5.26 Å². The Balaban J connectivity index is 1.58. The topological polar surface area (TPSA) is 55.2 Å². The number of anilines is 1. The van der Waals surface area contributed by atoms with Gasteiger partial charge < -0.3 is 10.2 Å². The van der Waals surface area contributed by atoms with E-state index >= 15 is 0 Å². The van der Waals surface area contributed by atoms with Gasteiger partial charge in [-0.15, -0.1) is 0 Å². The molecule has 0 aliphatic carbocycles. The van der Waals surface area contributed by atoms with Crippen LogP contribution in [0.1, 0.15) is 22.3 Å². The number of hydrogen-bond donors (Lipinski definition) is 1. The van der Waals surface area contributed by atoms with Crippen molar-refractivity contribution in [2.75, 3.05) is 38.5 Å². The lowest BCUT2D eigenvalue weighted by atomic mass is 10.1. The fraction of sp³-hybridized carbons (Fsp3) is 0.400. The van der Waals surface area contributed by atoms with Gasteiger partial charge in [0.25, 0.3) is 0 Å². The first-order chi connectivity index (χ1) is 12.1. The van der Waals surface area contributed by atoms with Crippen molar-refractivity contribution in [1.29, 1.82) is 5.26 Å². The third-order valence-electron chi connectivity index (χ3n) is 4.70. The number of aryl methyl sites for hydroxylation is 1. The van der Waals surface area contributed by atoms with Gasteiger partial charge in [0.15, 0.2) is 0 Å². The van der Waals surface area contributed by atoms with E-state index < -0.39 is 0 Å². The molecule has 0 radical (unpaired) electrons. The van der Waals surface area contributed by atoms with Crippen LogP contribution in [0.5, 0.6) is 0 Å². The Morgan fingerprint density at radius 1 is 1.16 bits per heavy atom. The van der Waals surface area contributed by atoms with Crippen molar-refractivity contribution in [1.82, 2.24) is 14.8 Å². The van der Waals surface area contributed by atoms with Crippen LogP contribution in [0.3, 0.4) is 0 Å². The van der Waals surface area contributed by atoms with Crippen LogP contribution < -0.4 is 5.32 Å². The second-order valence-corrected chi connectivity index (χ2v) is 6.75. The number of nitrogens with one attached hydrogen (secondary N) is 1. The van der Waals surface area contributed by atoms with Gasteiger partial charge in [0.1, 0.15) is 11.9 Å². The fourth-order valence-electron chi connectivity index (χ4n) is 3.06. The summed E-state index contributed by atoms with van der Waals surface area (Å²) in [4.78, 5) is 9.19. The Kier molecular flexibility index (Phi) is 5.64. The highest BCUT2D eigenvalue weighted by Gasteiger charge is 2.13. The normalized spacial score (nSPS) is 15.7. The SMILES string of the molecule is Cc1cc(NCc2cccc(CN3CCN(C)CC3)c2)ncc1C#N. The summed E-state index contributed by atoms with van der Waals surface area (Å²) in [5.41, 5.74) is 4.17. The van der Waals surface area contributed by atoms with Crippen LogP contribution in [0.25, 0.3) is 0 Å². The van der Waals surface area contributed by atoms with Crippen LogP contribution in [-0.2, 0) is 13.1 Å². The Bertz CT molecular complexity index is 757. The lowest BCUT2D eigenvalue weighted by Gasteiger charge is -2.32. The second kappa shape index (κ2) is 8.11. The van der Waals surface area contributed by atoms with Crippen molar-refractivity contribution in [3.63, 3.8) is 0 Å². The van der Waals surface area contributed by atoms with Gasteiger partial charge in [0, 0.05) is 45.5 Å². The van der Waals surface area contributed by atoms with Crippen molar-refractivity contribution in [2.24, 2.45) is 0 Å². The first-order valence-corrected chi connectivity index (χ1v) is 8.73. The molecule has 0 unspecified atom stereocenters. The van der Waals surface area contributed by atoms with Crippen molar-refractivity contribution in [3.8, 4) is 6.07 Å².